The van der Waals surface area contributed by atoms with Crippen LogP contribution in [0.5, 0.6) is 0 Å². The van der Waals surface area contributed by atoms with Crippen molar-refractivity contribution in [1.29, 1.82) is 0 Å². The Morgan fingerprint density at radius 3 is 2.56 bits per heavy atom. The van der Waals surface area contributed by atoms with E-state index in [9.17, 15) is 14.4 Å². The molecule has 2 N–H and O–H groups in total. The zero-order valence-corrected chi connectivity index (χ0v) is 15.3. The number of rotatable bonds is 6. The maximum Gasteiger partial charge on any atom is 0.305 e. The van der Waals surface area contributed by atoms with E-state index in [0.29, 0.717) is 29.7 Å². The highest BCUT2D eigenvalue weighted by Crippen LogP contribution is 2.38. The van der Waals surface area contributed by atoms with Crippen molar-refractivity contribution in [2.75, 3.05) is 13.7 Å². The molecule has 7 nitrogen and oxygen atoms in total. The molecule has 1 aromatic heterocycles. The third-order valence-corrected chi connectivity index (χ3v) is 4.40. The van der Waals surface area contributed by atoms with E-state index in [4.69, 9.17) is 14.3 Å². The number of carbonyl (C=O) groups excluding carboxylic acids is 2. The van der Waals surface area contributed by atoms with Crippen LogP contribution in [0.2, 0.25) is 0 Å². The van der Waals surface area contributed by atoms with Gasteiger partial charge in [0.15, 0.2) is 11.5 Å². The topological polar surface area (TPSA) is 106 Å². The van der Waals surface area contributed by atoms with Crippen LogP contribution < -0.4 is 5.32 Å². The Labute approximate surface area is 146 Å². The number of carboxylic acid groups (broad SMARTS) is 1. The van der Waals surface area contributed by atoms with E-state index in [-0.39, 0.29) is 30.0 Å². The standard InChI is InChI=1S/C18H25NO6/c1-10-14-11(20)6-17(2,3)7-12(14)25-15(10)16(23)19-18(4,9-24-5)8-13(21)22/h6-9H2,1-5H3,(H,19,23)(H,21,22). The summed E-state index contributed by atoms with van der Waals surface area (Å²) in [4.78, 5) is 36.1. The second kappa shape index (κ2) is 6.63. The van der Waals surface area contributed by atoms with Gasteiger partial charge in [-0.2, -0.15) is 0 Å². The lowest BCUT2D eigenvalue weighted by molar-refractivity contribution is -0.139. The SMILES string of the molecule is COCC(C)(CC(=O)O)NC(=O)c1oc2c(c1C)C(=O)CC(C)(C)C2. The Hall–Kier alpha value is -2.15. The molecule has 0 saturated carbocycles. The molecule has 7 heteroatoms. The molecular weight excluding hydrogens is 326 g/mol. The van der Waals surface area contributed by atoms with Gasteiger partial charge in [-0.15, -0.1) is 0 Å². The fraction of sp³-hybridized carbons (Fsp3) is 0.611. The lowest BCUT2D eigenvalue weighted by Gasteiger charge is -2.28. The fourth-order valence-corrected chi connectivity index (χ4v) is 3.41. The van der Waals surface area contributed by atoms with E-state index in [1.165, 1.54) is 7.11 Å². The molecule has 1 atom stereocenters. The molecule has 0 bridgehead atoms. The molecule has 25 heavy (non-hydrogen) atoms. The average molecular weight is 351 g/mol. The fourth-order valence-electron chi connectivity index (χ4n) is 3.41. The number of Topliss-reactive ketones (excluding diaryl/α,β-unsaturated/α-hetero) is 1. The van der Waals surface area contributed by atoms with Gasteiger partial charge in [0.25, 0.3) is 5.91 Å². The predicted octanol–water partition coefficient (Wildman–Crippen LogP) is 2.35. The minimum absolute atomic E-state index is 0.0308. The summed E-state index contributed by atoms with van der Waals surface area (Å²) < 4.78 is 10.8. The van der Waals surface area contributed by atoms with E-state index in [1.807, 2.05) is 13.8 Å². The van der Waals surface area contributed by atoms with E-state index >= 15 is 0 Å². The Morgan fingerprint density at radius 2 is 2.00 bits per heavy atom. The van der Waals surface area contributed by atoms with Crippen LogP contribution in [-0.4, -0.2) is 42.0 Å². The first kappa shape index (κ1) is 19.2. The van der Waals surface area contributed by atoms with Crippen LogP contribution in [0.25, 0.3) is 0 Å². The van der Waals surface area contributed by atoms with Crippen molar-refractivity contribution in [3.63, 3.8) is 0 Å². The summed E-state index contributed by atoms with van der Waals surface area (Å²) in [6.45, 7) is 7.27. The largest absolute Gasteiger partial charge is 0.481 e. The van der Waals surface area contributed by atoms with Crippen LogP contribution in [0.15, 0.2) is 4.42 Å². The zero-order valence-electron chi connectivity index (χ0n) is 15.3. The molecular formula is C18H25NO6. The summed E-state index contributed by atoms with van der Waals surface area (Å²) >= 11 is 0. The van der Waals surface area contributed by atoms with Gasteiger partial charge in [-0.25, -0.2) is 0 Å². The molecule has 0 radical (unpaired) electrons. The highest BCUT2D eigenvalue weighted by Gasteiger charge is 2.38. The van der Waals surface area contributed by atoms with Crippen molar-refractivity contribution in [3.05, 3.63) is 22.6 Å². The maximum atomic E-state index is 12.7. The number of fused-ring (bicyclic) bond motifs is 1. The smallest absolute Gasteiger partial charge is 0.305 e. The van der Waals surface area contributed by atoms with Crippen LogP contribution in [0.1, 0.15) is 65.8 Å². The average Bonchev–Trinajstić information content (AvgIpc) is 2.73. The quantitative estimate of drug-likeness (QED) is 0.815. The molecule has 138 valence electrons. The Bertz CT molecular complexity index is 717. The molecule has 1 amide bonds. The number of ether oxygens (including phenoxy) is 1. The molecule has 0 spiro atoms. The van der Waals surface area contributed by atoms with Gasteiger partial charge >= 0.3 is 5.97 Å². The normalized spacial score (nSPS) is 18.4. The van der Waals surface area contributed by atoms with Crippen molar-refractivity contribution < 1.29 is 28.6 Å². The Morgan fingerprint density at radius 1 is 1.36 bits per heavy atom. The molecule has 2 rings (SSSR count). The van der Waals surface area contributed by atoms with Gasteiger partial charge in [-0.3, -0.25) is 14.4 Å². The molecule has 0 aliphatic heterocycles. The van der Waals surface area contributed by atoms with Gasteiger partial charge in [0.2, 0.25) is 0 Å². The summed E-state index contributed by atoms with van der Waals surface area (Å²) in [5.74, 6) is -1.04. The number of ketones is 1. The molecule has 0 saturated heterocycles. The summed E-state index contributed by atoms with van der Waals surface area (Å²) in [7, 11) is 1.43. The van der Waals surface area contributed by atoms with Gasteiger partial charge < -0.3 is 19.6 Å². The summed E-state index contributed by atoms with van der Waals surface area (Å²) in [5.41, 5.74) is -0.310. The monoisotopic (exact) mass is 351 g/mol. The highest BCUT2D eigenvalue weighted by molar-refractivity contribution is 6.04. The number of carbonyl (C=O) groups is 3. The van der Waals surface area contributed by atoms with Gasteiger partial charge in [0.05, 0.1) is 24.1 Å². The molecule has 1 heterocycles. The van der Waals surface area contributed by atoms with Crippen LogP contribution in [0.3, 0.4) is 0 Å². The van der Waals surface area contributed by atoms with E-state index in [0.717, 1.165) is 0 Å². The second-order valence-corrected chi connectivity index (χ2v) is 7.81. The first-order valence-corrected chi connectivity index (χ1v) is 8.17. The van der Waals surface area contributed by atoms with Gasteiger partial charge in [0.1, 0.15) is 5.76 Å². The van der Waals surface area contributed by atoms with Crippen molar-refractivity contribution in [1.82, 2.24) is 5.32 Å². The summed E-state index contributed by atoms with van der Waals surface area (Å²) in [6, 6.07) is 0. The number of hydrogen-bond donors (Lipinski definition) is 2. The number of aliphatic carboxylic acids is 1. The third kappa shape index (κ3) is 4.10. The van der Waals surface area contributed by atoms with Crippen LogP contribution in [-0.2, 0) is 16.0 Å². The second-order valence-electron chi connectivity index (χ2n) is 7.81. The molecule has 1 aromatic rings. The van der Waals surface area contributed by atoms with Crippen LogP contribution >= 0.6 is 0 Å². The van der Waals surface area contributed by atoms with E-state index < -0.39 is 17.4 Å². The highest BCUT2D eigenvalue weighted by atomic mass is 16.5. The maximum absolute atomic E-state index is 12.7. The van der Waals surface area contributed by atoms with Crippen LogP contribution in [0, 0.1) is 12.3 Å². The Kier molecular flexibility index (Phi) is 5.09. The van der Waals surface area contributed by atoms with E-state index in [1.54, 1.807) is 13.8 Å². The van der Waals surface area contributed by atoms with Gasteiger partial charge in [-0.05, 0) is 19.3 Å². The minimum Gasteiger partial charge on any atom is -0.481 e. The number of amides is 1. The molecule has 1 aliphatic carbocycles. The number of nitrogens with one attached hydrogen (secondary N) is 1. The first-order chi connectivity index (χ1) is 11.5. The van der Waals surface area contributed by atoms with Crippen LogP contribution in [0.4, 0.5) is 0 Å². The first-order valence-electron chi connectivity index (χ1n) is 8.17. The number of hydrogen-bond acceptors (Lipinski definition) is 5. The summed E-state index contributed by atoms with van der Waals surface area (Å²) in [5, 5.41) is 11.7. The third-order valence-electron chi connectivity index (χ3n) is 4.40. The van der Waals surface area contributed by atoms with Gasteiger partial charge in [-0.1, -0.05) is 13.8 Å². The number of furan rings is 1. The number of carboxylic acids is 1. The van der Waals surface area contributed by atoms with Crippen molar-refractivity contribution in [2.45, 2.75) is 52.5 Å². The molecule has 1 aliphatic rings. The minimum atomic E-state index is -1.08. The molecule has 1 unspecified atom stereocenters. The molecule has 0 aromatic carbocycles. The zero-order chi connectivity index (χ0) is 19.0. The lowest BCUT2D eigenvalue weighted by Crippen LogP contribution is -2.50. The predicted molar refractivity (Wildman–Crippen MR) is 89.9 cm³/mol. The lowest BCUT2D eigenvalue weighted by atomic mass is 9.76. The van der Waals surface area contributed by atoms with Gasteiger partial charge in [0, 0.05) is 25.5 Å². The van der Waals surface area contributed by atoms with E-state index in [2.05, 4.69) is 5.32 Å². The molecule has 0 fully saturated rings. The van der Waals surface area contributed by atoms with Crippen molar-refractivity contribution in [3.8, 4) is 0 Å². The van der Waals surface area contributed by atoms with Crippen molar-refractivity contribution in [2.24, 2.45) is 5.41 Å². The Balaban J connectivity index is 2.32. The van der Waals surface area contributed by atoms with Crippen molar-refractivity contribution >= 4 is 17.7 Å². The summed E-state index contributed by atoms with van der Waals surface area (Å²) in [6.07, 6.45) is 0.687. The number of methoxy groups -OCH3 is 1.